The molecule has 0 aliphatic carbocycles. The first kappa shape index (κ1) is 19.6. The molecule has 0 spiro atoms. The Balaban J connectivity index is 1.43. The third kappa shape index (κ3) is 3.67. The van der Waals surface area contributed by atoms with Crippen LogP contribution < -0.4 is 11.2 Å². The van der Waals surface area contributed by atoms with E-state index >= 15 is 0 Å². The molecule has 4 heterocycles. The SMILES string of the molecule is Cn1c(Cc2cccs2)nnc1SCCCn1c(=O)c2c(ncn2C)n(C)c1=O. The van der Waals surface area contributed by atoms with Gasteiger partial charge in [-0.2, -0.15) is 0 Å². The third-order valence-electron chi connectivity index (χ3n) is 4.80. The monoisotopic (exact) mass is 431 g/mol. The Morgan fingerprint density at radius 2 is 1.97 bits per heavy atom. The molecular weight excluding hydrogens is 410 g/mol. The molecule has 11 heteroatoms. The summed E-state index contributed by atoms with van der Waals surface area (Å²) in [6, 6.07) is 4.12. The fourth-order valence-electron chi connectivity index (χ4n) is 3.17. The normalized spacial score (nSPS) is 11.6. The molecule has 4 aromatic heterocycles. The molecule has 29 heavy (non-hydrogen) atoms. The quantitative estimate of drug-likeness (QED) is 0.324. The van der Waals surface area contributed by atoms with Crippen molar-refractivity contribution < 1.29 is 0 Å². The van der Waals surface area contributed by atoms with Gasteiger partial charge in [-0.3, -0.25) is 13.9 Å². The first-order valence-electron chi connectivity index (χ1n) is 9.11. The van der Waals surface area contributed by atoms with Crippen molar-refractivity contribution in [2.45, 2.75) is 24.5 Å². The smallest absolute Gasteiger partial charge is 0.328 e. The standard InChI is InChI=1S/C18H21N7O2S2/c1-22-11-19-15-14(22)16(26)25(18(27)24(15)3)7-5-9-29-17-21-20-13(23(17)2)10-12-6-4-8-28-12/h4,6,8,11H,5,7,9-10H2,1-3H3. The summed E-state index contributed by atoms with van der Waals surface area (Å²) >= 11 is 3.28. The third-order valence-corrected chi connectivity index (χ3v) is 6.78. The molecule has 0 amide bonds. The molecular formula is C18H21N7O2S2. The van der Waals surface area contributed by atoms with Gasteiger partial charge in [0.25, 0.3) is 5.56 Å². The minimum atomic E-state index is -0.344. The highest BCUT2D eigenvalue weighted by Crippen LogP contribution is 2.19. The van der Waals surface area contributed by atoms with Crippen LogP contribution in [-0.4, -0.2) is 39.2 Å². The van der Waals surface area contributed by atoms with E-state index in [1.807, 2.05) is 17.7 Å². The molecule has 0 atom stereocenters. The van der Waals surface area contributed by atoms with E-state index in [9.17, 15) is 9.59 Å². The second-order valence-electron chi connectivity index (χ2n) is 6.74. The number of hydrogen-bond acceptors (Lipinski definition) is 7. The molecule has 0 aliphatic heterocycles. The fourth-order valence-corrected chi connectivity index (χ4v) is 4.73. The van der Waals surface area contributed by atoms with Crippen molar-refractivity contribution in [1.82, 2.24) is 33.4 Å². The molecule has 0 saturated carbocycles. The van der Waals surface area contributed by atoms with Crippen molar-refractivity contribution >= 4 is 34.3 Å². The Bertz CT molecular complexity index is 1260. The number of imidazole rings is 1. The van der Waals surface area contributed by atoms with Gasteiger partial charge in [-0.25, -0.2) is 9.78 Å². The maximum atomic E-state index is 12.7. The lowest BCUT2D eigenvalue weighted by atomic mass is 10.3. The van der Waals surface area contributed by atoms with Crippen LogP contribution in [0.15, 0.2) is 38.6 Å². The predicted octanol–water partition coefficient (Wildman–Crippen LogP) is 1.40. The van der Waals surface area contributed by atoms with Crippen LogP contribution in [0.3, 0.4) is 0 Å². The number of thioether (sulfide) groups is 1. The summed E-state index contributed by atoms with van der Waals surface area (Å²) in [5, 5.41) is 11.4. The number of rotatable bonds is 7. The summed E-state index contributed by atoms with van der Waals surface area (Å²) in [7, 11) is 5.35. The van der Waals surface area contributed by atoms with Gasteiger partial charge in [-0.15, -0.1) is 21.5 Å². The van der Waals surface area contributed by atoms with Crippen LogP contribution >= 0.6 is 23.1 Å². The first-order valence-corrected chi connectivity index (χ1v) is 11.0. The van der Waals surface area contributed by atoms with Gasteiger partial charge in [-0.05, 0) is 17.9 Å². The lowest BCUT2D eigenvalue weighted by Gasteiger charge is -2.08. The first-order chi connectivity index (χ1) is 14.0. The number of aromatic nitrogens is 7. The number of nitrogens with zero attached hydrogens (tertiary/aromatic N) is 7. The minimum absolute atomic E-state index is 0.301. The van der Waals surface area contributed by atoms with E-state index in [1.165, 1.54) is 14.0 Å². The highest BCUT2D eigenvalue weighted by atomic mass is 32.2. The van der Waals surface area contributed by atoms with Crippen LogP contribution in [0.4, 0.5) is 0 Å². The van der Waals surface area contributed by atoms with Gasteiger partial charge in [0.2, 0.25) is 0 Å². The number of hydrogen-bond donors (Lipinski definition) is 0. The lowest BCUT2D eigenvalue weighted by Crippen LogP contribution is -2.39. The fraction of sp³-hybridized carbons (Fsp3) is 0.389. The summed E-state index contributed by atoms with van der Waals surface area (Å²) < 4.78 is 6.35. The molecule has 152 valence electrons. The number of aryl methyl sites for hydroxylation is 2. The van der Waals surface area contributed by atoms with Gasteiger partial charge in [0, 0.05) is 44.7 Å². The molecule has 0 fully saturated rings. The van der Waals surface area contributed by atoms with Gasteiger partial charge in [0.15, 0.2) is 16.3 Å². The van der Waals surface area contributed by atoms with Gasteiger partial charge in [0.05, 0.1) is 6.33 Å². The van der Waals surface area contributed by atoms with E-state index in [0.29, 0.717) is 24.1 Å². The van der Waals surface area contributed by atoms with Crippen molar-refractivity contribution in [3.8, 4) is 0 Å². The summed E-state index contributed by atoms with van der Waals surface area (Å²) in [6.07, 6.45) is 2.97. The Morgan fingerprint density at radius 3 is 2.72 bits per heavy atom. The van der Waals surface area contributed by atoms with E-state index < -0.39 is 0 Å². The summed E-state index contributed by atoms with van der Waals surface area (Å²) in [5.74, 6) is 1.64. The molecule has 0 N–H and O–H groups in total. The van der Waals surface area contributed by atoms with E-state index in [-0.39, 0.29) is 11.2 Å². The van der Waals surface area contributed by atoms with E-state index in [1.54, 1.807) is 48.1 Å². The number of fused-ring (bicyclic) bond motifs is 1. The zero-order chi connectivity index (χ0) is 20.5. The van der Waals surface area contributed by atoms with Crippen LogP contribution in [0.1, 0.15) is 17.1 Å². The molecule has 0 unspecified atom stereocenters. The van der Waals surface area contributed by atoms with Gasteiger partial charge in [-0.1, -0.05) is 17.8 Å². The number of thiophene rings is 1. The Hall–Kier alpha value is -2.66. The van der Waals surface area contributed by atoms with Crippen LogP contribution in [0.5, 0.6) is 0 Å². The predicted molar refractivity (Wildman–Crippen MR) is 114 cm³/mol. The molecule has 0 aromatic carbocycles. The average Bonchev–Trinajstić information content (AvgIpc) is 3.43. The molecule has 0 saturated heterocycles. The topological polar surface area (TPSA) is 92.5 Å². The van der Waals surface area contributed by atoms with Crippen molar-refractivity contribution in [1.29, 1.82) is 0 Å². The molecule has 0 bridgehead atoms. The summed E-state index contributed by atoms with van der Waals surface area (Å²) in [5.41, 5.74) is 0.199. The second-order valence-corrected chi connectivity index (χ2v) is 8.84. The zero-order valence-corrected chi connectivity index (χ0v) is 18.0. The van der Waals surface area contributed by atoms with Crippen LogP contribution in [0.25, 0.3) is 11.2 Å². The average molecular weight is 432 g/mol. The molecule has 9 nitrogen and oxygen atoms in total. The van der Waals surface area contributed by atoms with E-state index in [2.05, 4.69) is 26.6 Å². The van der Waals surface area contributed by atoms with Gasteiger partial charge in [0.1, 0.15) is 5.82 Å². The molecule has 0 aliphatic rings. The van der Waals surface area contributed by atoms with Crippen LogP contribution in [0.2, 0.25) is 0 Å². The Kier molecular flexibility index (Phi) is 5.41. The van der Waals surface area contributed by atoms with E-state index in [4.69, 9.17) is 0 Å². The minimum Gasteiger partial charge on any atom is -0.328 e. The second kappa shape index (κ2) is 7.99. The Morgan fingerprint density at radius 1 is 1.14 bits per heavy atom. The molecule has 4 aromatic rings. The van der Waals surface area contributed by atoms with Crippen LogP contribution in [0, 0.1) is 0 Å². The van der Waals surface area contributed by atoms with Crippen molar-refractivity contribution in [2.75, 3.05) is 5.75 Å². The lowest BCUT2D eigenvalue weighted by molar-refractivity contribution is 0.593. The summed E-state index contributed by atoms with van der Waals surface area (Å²) in [4.78, 5) is 30.6. The largest absolute Gasteiger partial charge is 0.332 e. The van der Waals surface area contributed by atoms with Crippen molar-refractivity contribution in [3.63, 3.8) is 0 Å². The maximum absolute atomic E-state index is 12.7. The maximum Gasteiger partial charge on any atom is 0.332 e. The van der Waals surface area contributed by atoms with Gasteiger partial charge < -0.3 is 9.13 Å². The van der Waals surface area contributed by atoms with Gasteiger partial charge >= 0.3 is 5.69 Å². The molecule has 0 radical (unpaired) electrons. The Labute approximate surface area is 174 Å². The molecule has 4 rings (SSSR count). The van der Waals surface area contributed by atoms with Crippen molar-refractivity contribution in [2.24, 2.45) is 21.1 Å². The van der Waals surface area contributed by atoms with E-state index in [0.717, 1.165) is 23.2 Å². The zero-order valence-electron chi connectivity index (χ0n) is 16.4. The van der Waals surface area contributed by atoms with Crippen LogP contribution in [-0.2, 0) is 34.1 Å². The van der Waals surface area contributed by atoms with Crippen molar-refractivity contribution in [3.05, 3.63) is 55.4 Å². The highest BCUT2D eigenvalue weighted by Gasteiger charge is 2.15. The highest BCUT2D eigenvalue weighted by molar-refractivity contribution is 7.99. The summed E-state index contributed by atoms with van der Waals surface area (Å²) in [6.45, 7) is 0.347.